The number of hydrogen-bond donors (Lipinski definition) is 5. The number of carbonyl (C=O) groups excluding carboxylic acids is 2. The standard InChI is InChI=1S/C30H33N5O7/c1-14(31)24(15(2)37)21-11-22-20(12-23(21)40-4)25-26(33-16(3)34-29(25)35-22)18-5-6-19(28-27(18)41-9-10-42-28)30(39)32-8-7-17(38)13-36/h5-6,11-12,17,36,38H,7-10,13,31H2,1-4H3,(H,32,39)(H,33,34,35)/t17-/m0/s1. The number of benzene rings is 2. The Hall–Kier alpha value is -4.68. The number of ether oxygens (including phenoxy) is 3. The first-order valence-corrected chi connectivity index (χ1v) is 13.5. The molecule has 1 atom stereocenters. The molecule has 5 rings (SSSR count). The summed E-state index contributed by atoms with van der Waals surface area (Å²) in [6.07, 6.45) is -0.710. The van der Waals surface area contributed by atoms with Crippen LogP contribution in [0.25, 0.3) is 38.8 Å². The molecule has 1 amide bonds. The summed E-state index contributed by atoms with van der Waals surface area (Å²) in [6.45, 7) is 5.25. The molecule has 3 heterocycles. The number of carbonyl (C=O) groups is 2. The van der Waals surface area contributed by atoms with Gasteiger partial charge in [-0.05, 0) is 51.5 Å². The number of ketones is 1. The number of fused-ring (bicyclic) bond motifs is 4. The van der Waals surface area contributed by atoms with E-state index in [1.807, 2.05) is 12.1 Å². The number of H-pyrrole nitrogens is 1. The van der Waals surface area contributed by atoms with Crippen LogP contribution >= 0.6 is 0 Å². The number of nitrogens with two attached hydrogens (primary N) is 1. The third kappa shape index (κ3) is 5.21. The van der Waals surface area contributed by atoms with Gasteiger partial charge in [-0.3, -0.25) is 9.59 Å². The van der Waals surface area contributed by atoms with Crippen LogP contribution in [-0.2, 0) is 4.79 Å². The Kier molecular flexibility index (Phi) is 8.01. The van der Waals surface area contributed by atoms with Crippen molar-refractivity contribution in [3.05, 3.63) is 46.9 Å². The molecule has 0 spiro atoms. The van der Waals surface area contributed by atoms with Gasteiger partial charge < -0.3 is 40.5 Å². The molecule has 0 saturated carbocycles. The summed E-state index contributed by atoms with van der Waals surface area (Å²) >= 11 is 0. The summed E-state index contributed by atoms with van der Waals surface area (Å²) < 4.78 is 17.7. The zero-order valence-electron chi connectivity index (χ0n) is 23.8. The summed E-state index contributed by atoms with van der Waals surface area (Å²) in [7, 11) is 1.53. The number of rotatable bonds is 9. The third-order valence-electron chi connectivity index (χ3n) is 7.06. The molecule has 1 aliphatic heterocycles. The lowest BCUT2D eigenvalue weighted by Crippen LogP contribution is -2.29. The number of nitrogens with one attached hydrogen (secondary N) is 2. The van der Waals surface area contributed by atoms with Crippen LogP contribution in [0.4, 0.5) is 0 Å². The Balaban J connectivity index is 1.68. The zero-order chi connectivity index (χ0) is 30.1. The van der Waals surface area contributed by atoms with E-state index in [4.69, 9.17) is 30.0 Å². The van der Waals surface area contributed by atoms with Crippen molar-refractivity contribution in [1.29, 1.82) is 0 Å². The van der Waals surface area contributed by atoms with Gasteiger partial charge in [0.15, 0.2) is 17.3 Å². The topological polar surface area (TPSA) is 182 Å². The van der Waals surface area contributed by atoms with Gasteiger partial charge in [0.05, 0.1) is 36.5 Å². The SMILES string of the molecule is COc1cc2c(cc1C(C(C)=O)=C(C)N)[nH]c1nc(C)nc(-c3ccc(C(=O)NCC[C@H](O)CO)c4c3OCCO4)c12. The normalized spacial score (nSPS) is 14.0. The van der Waals surface area contributed by atoms with Crippen LogP contribution < -0.4 is 25.3 Å². The number of aromatic nitrogens is 3. The molecule has 12 heteroatoms. The van der Waals surface area contributed by atoms with E-state index in [-0.39, 0.29) is 49.9 Å². The fourth-order valence-electron chi connectivity index (χ4n) is 5.22. The number of aromatic amines is 1. The van der Waals surface area contributed by atoms with Crippen LogP contribution in [0.2, 0.25) is 0 Å². The van der Waals surface area contributed by atoms with E-state index < -0.39 is 12.0 Å². The first-order chi connectivity index (χ1) is 20.1. The highest BCUT2D eigenvalue weighted by Crippen LogP contribution is 2.45. The number of allylic oxidation sites excluding steroid dienone is 2. The summed E-state index contributed by atoms with van der Waals surface area (Å²) in [5.74, 6) is 1.06. The number of aryl methyl sites for hydroxylation is 1. The number of amides is 1. The highest BCUT2D eigenvalue weighted by Gasteiger charge is 2.28. The first kappa shape index (κ1) is 28.8. The summed E-state index contributed by atoms with van der Waals surface area (Å²) in [5, 5.41) is 22.8. The van der Waals surface area contributed by atoms with Crippen LogP contribution in [0.1, 0.15) is 42.0 Å². The summed E-state index contributed by atoms with van der Waals surface area (Å²) in [5.41, 5.74) is 10.1. The Morgan fingerprint density at radius 3 is 2.55 bits per heavy atom. The van der Waals surface area contributed by atoms with Gasteiger partial charge >= 0.3 is 0 Å². The van der Waals surface area contributed by atoms with Crippen LogP contribution in [0.15, 0.2) is 30.0 Å². The molecule has 0 fully saturated rings. The maximum Gasteiger partial charge on any atom is 0.255 e. The number of Topliss-reactive ketones (excluding diaryl/α,β-unsaturated/α-hetero) is 1. The minimum atomic E-state index is -0.917. The predicted molar refractivity (Wildman–Crippen MR) is 157 cm³/mol. The molecule has 4 aromatic rings. The van der Waals surface area contributed by atoms with E-state index in [2.05, 4.69) is 15.3 Å². The lowest BCUT2D eigenvalue weighted by Gasteiger charge is -2.23. The average Bonchev–Trinajstić information content (AvgIpc) is 3.31. The minimum absolute atomic E-state index is 0.174. The molecule has 6 N–H and O–H groups in total. The van der Waals surface area contributed by atoms with E-state index in [9.17, 15) is 14.7 Å². The molecule has 0 aliphatic carbocycles. The molecule has 0 radical (unpaired) electrons. The first-order valence-electron chi connectivity index (χ1n) is 13.5. The Labute approximate surface area is 241 Å². The van der Waals surface area contributed by atoms with Crippen molar-refractivity contribution in [1.82, 2.24) is 20.3 Å². The highest BCUT2D eigenvalue weighted by molar-refractivity contribution is 6.22. The van der Waals surface area contributed by atoms with E-state index in [0.29, 0.717) is 62.0 Å². The van der Waals surface area contributed by atoms with Crippen molar-refractivity contribution in [2.45, 2.75) is 33.3 Å². The molecule has 0 unspecified atom stereocenters. The maximum absolute atomic E-state index is 13.0. The van der Waals surface area contributed by atoms with Crippen LogP contribution in [-0.4, -0.2) is 76.4 Å². The van der Waals surface area contributed by atoms with Gasteiger partial charge in [-0.15, -0.1) is 0 Å². The van der Waals surface area contributed by atoms with Gasteiger partial charge in [-0.25, -0.2) is 9.97 Å². The quantitative estimate of drug-likeness (QED) is 0.186. The van der Waals surface area contributed by atoms with E-state index in [1.165, 1.54) is 14.0 Å². The molecule has 0 saturated heterocycles. The predicted octanol–water partition coefficient (Wildman–Crippen LogP) is 2.62. The molecule has 2 aromatic carbocycles. The lowest BCUT2D eigenvalue weighted by atomic mass is 9.97. The van der Waals surface area contributed by atoms with Crippen molar-refractivity contribution >= 4 is 39.2 Å². The van der Waals surface area contributed by atoms with Crippen molar-refractivity contribution in [3.8, 4) is 28.5 Å². The van der Waals surface area contributed by atoms with Crippen LogP contribution in [0, 0.1) is 6.92 Å². The highest BCUT2D eigenvalue weighted by atomic mass is 16.6. The minimum Gasteiger partial charge on any atom is -0.496 e. The van der Waals surface area contributed by atoms with Crippen molar-refractivity contribution in [3.63, 3.8) is 0 Å². The molecular weight excluding hydrogens is 542 g/mol. The molecule has 1 aliphatic rings. The molecule has 220 valence electrons. The molecule has 2 aromatic heterocycles. The zero-order valence-corrected chi connectivity index (χ0v) is 23.8. The second-order valence-corrected chi connectivity index (χ2v) is 10.1. The Bertz CT molecular complexity index is 1740. The fourth-order valence-corrected chi connectivity index (χ4v) is 5.22. The van der Waals surface area contributed by atoms with Gasteiger partial charge in [0.1, 0.15) is 30.4 Å². The monoisotopic (exact) mass is 575 g/mol. The summed E-state index contributed by atoms with van der Waals surface area (Å²) in [4.78, 5) is 38.2. The van der Waals surface area contributed by atoms with Gasteiger partial charge in [0.2, 0.25) is 0 Å². The van der Waals surface area contributed by atoms with E-state index in [1.54, 1.807) is 26.0 Å². The Morgan fingerprint density at radius 2 is 1.88 bits per heavy atom. The second-order valence-electron chi connectivity index (χ2n) is 10.1. The van der Waals surface area contributed by atoms with Crippen LogP contribution in [0.3, 0.4) is 0 Å². The van der Waals surface area contributed by atoms with Gasteiger partial charge in [0.25, 0.3) is 5.91 Å². The van der Waals surface area contributed by atoms with Gasteiger partial charge in [0, 0.05) is 39.8 Å². The second kappa shape index (κ2) is 11.7. The third-order valence-corrected chi connectivity index (χ3v) is 7.06. The number of methoxy groups -OCH3 is 1. The number of aliphatic hydroxyl groups is 2. The average molecular weight is 576 g/mol. The number of aliphatic hydroxyl groups excluding tert-OH is 2. The molecular formula is C30H33N5O7. The van der Waals surface area contributed by atoms with Gasteiger partial charge in [-0.1, -0.05) is 0 Å². The molecule has 42 heavy (non-hydrogen) atoms. The van der Waals surface area contributed by atoms with Gasteiger partial charge in [-0.2, -0.15) is 0 Å². The van der Waals surface area contributed by atoms with Crippen LogP contribution in [0.5, 0.6) is 17.2 Å². The van der Waals surface area contributed by atoms with Crippen molar-refractivity contribution in [2.24, 2.45) is 5.73 Å². The fraction of sp³-hybridized carbons (Fsp3) is 0.333. The van der Waals surface area contributed by atoms with E-state index >= 15 is 0 Å². The maximum atomic E-state index is 13.0. The summed E-state index contributed by atoms with van der Waals surface area (Å²) in [6, 6.07) is 7.04. The number of nitrogens with zero attached hydrogens (tertiary/aromatic N) is 2. The lowest BCUT2D eigenvalue weighted by molar-refractivity contribution is -0.111. The largest absolute Gasteiger partial charge is 0.496 e. The smallest absolute Gasteiger partial charge is 0.255 e. The molecule has 12 nitrogen and oxygen atoms in total. The number of hydrogen-bond acceptors (Lipinski definition) is 10. The molecule has 0 bridgehead atoms. The Morgan fingerprint density at radius 1 is 1.14 bits per heavy atom. The van der Waals surface area contributed by atoms with E-state index in [0.717, 1.165) is 5.39 Å². The van der Waals surface area contributed by atoms with Crippen molar-refractivity contribution in [2.75, 3.05) is 33.5 Å². The van der Waals surface area contributed by atoms with Crippen molar-refractivity contribution < 1.29 is 34.0 Å².